The van der Waals surface area contributed by atoms with E-state index < -0.39 is 5.91 Å². The fraction of sp³-hybridized carbons (Fsp3) is 0.176. The Morgan fingerprint density at radius 1 is 1.00 bits per heavy atom. The molecule has 0 fully saturated rings. The molecule has 2 amide bonds. The van der Waals surface area contributed by atoms with Gasteiger partial charge >= 0.3 is 0 Å². The highest BCUT2D eigenvalue weighted by atomic mass is 16.5. The predicted octanol–water partition coefficient (Wildman–Crippen LogP) is 2.14. The third kappa shape index (κ3) is 4.34. The van der Waals surface area contributed by atoms with Crippen molar-refractivity contribution >= 4 is 11.8 Å². The first-order chi connectivity index (χ1) is 10.6. The molecule has 2 N–H and O–H groups in total. The lowest BCUT2D eigenvalue weighted by Crippen LogP contribution is -2.44. The second-order valence-corrected chi connectivity index (χ2v) is 4.92. The van der Waals surface area contributed by atoms with E-state index in [9.17, 15) is 9.59 Å². The van der Waals surface area contributed by atoms with Crippen molar-refractivity contribution in [1.82, 2.24) is 10.9 Å². The van der Waals surface area contributed by atoms with Crippen LogP contribution in [0.2, 0.25) is 0 Å². The van der Waals surface area contributed by atoms with Gasteiger partial charge in [-0.2, -0.15) is 0 Å². The van der Waals surface area contributed by atoms with Crippen molar-refractivity contribution in [3.8, 4) is 5.75 Å². The van der Waals surface area contributed by atoms with Gasteiger partial charge in [-0.3, -0.25) is 20.4 Å². The SMILES string of the molecule is Cc1cccc(OCC(=O)NNC(=O)c2ccccc2C)c1. The third-order valence-electron chi connectivity index (χ3n) is 3.06. The Morgan fingerprint density at radius 3 is 2.50 bits per heavy atom. The van der Waals surface area contributed by atoms with E-state index in [-0.39, 0.29) is 12.5 Å². The first-order valence-corrected chi connectivity index (χ1v) is 6.90. The lowest BCUT2D eigenvalue weighted by atomic mass is 10.1. The van der Waals surface area contributed by atoms with E-state index in [0.717, 1.165) is 11.1 Å². The largest absolute Gasteiger partial charge is 0.484 e. The van der Waals surface area contributed by atoms with Crippen LogP contribution in [-0.2, 0) is 4.79 Å². The quantitative estimate of drug-likeness (QED) is 0.850. The summed E-state index contributed by atoms with van der Waals surface area (Å²) in [5, 5.41) is 0. The standard InChI is InChI=1S/C17H18N2O3/c1-12-6-5-8-14(10-12)22-11-16(20)18-19-17(21)15-9-4-3-7-13(15)2/h3-10H,11H2,1-2H3,(H,18,20)(H,19,21). The molecule has 5 heteroatoms. The summed E-state index contributed by atoms with van der Waals surface area (Å²) in [5.74, 6) is -0.175. The Kier molecular flexibility index (Phi) is 5.14. The maximum Gasteiger partial charge on any atom is 0.276 e. The minimum absolute atomic E-state index is 0.169. The molecule has 2 aromatic carbocycles. The minimum atomic E-state index is -0.427. The highest BCUT2D eigenvalue weighted by Gasteiger charge is 2.09. The summed E-state index contributed by atoms with van der Waals surface area (Å²) in [7, 11) is 0. The fourth-order valence-corrected chi connectivity index (χ4v) is 1.91. The van der Waals surface area contributed by atoms with E-state index in [0.29, 0.717) is 11.3 Å². The van der Waals surface area contributed by atoms with E-state index in [1.807, 2.05) is 44.2 Å². The highest BCUT2D eigenvalue weighted by molar-refractivity contribution is 5.96. The molecule has 0 saturated carbocycles. The van der Waals surface area contributed by atoms with Crippen molar-refractivity contribution in [2.75, 3.05) is 6.61 Å². The van der Waals surface area contributed by atoms with Crippen molar-refractivity contribution in [2.24, 2.45) is 0 Å². The Labute approximate surface area is 129 Å². The molecule has 114 valence electrons. The third-order valence-corrected chi connectivity index (χ3v) is 3.06. The Bertz CT molecular complexity index is 683. The van der Waals surface area contributed by atoms with Crippen LogP contribution in [0.25, 0.3) is 0 Å². The number of carbonyl (C=O) groups is 2. The van der Waals surface area contributed by atoms with Crippen LogP contribution in [0.1, 0.15) is 21.5 Å². The van der Waals surface area contributed by atoms with Gasteiger partial charge in [0.2, 0.25) is 0 Å². The molecule has 0 bridgehead atoms. The molecule has 0 atom stereocenters. The maximum atomic E-state index is 11.9. The number of hydrazine groups is 1. The van der Waals surface area contributed by atoms with Crippen molar-refractivity contribution in [1.29, 1.82) is 0 Å². The van der Waals surface area contributed by atoms with Gasteiger partial charge < -0.3 is 4.74 Å². The van der Waals surface area contributed by atoms with E-state index in [2.05, 4.69) is 10.9 Å². The number of benzene rings is 2. The number of amides is 2. The lowest BCUT2D eigenvalue weighted by Gasteiger charge is -2.10. The molecule has 5 nitrogen and oxygen atoms in total. The molecular formula is C17H18N2O3. The van der Waals surface area contributed by atoms with Crippen LogP contribution < -0.4 is 15.6 Å². The Morgan fingerprint density at radius 2 is 1.77 bits per heavy atom. The summed E-state index contributed by atoms with van der Waals surface area (Å²) in [4.78, 5) is 23.6. The maximum absolute atomic E-state index is 11.9. The van der Waals surface area contributed by atoms with Crippen LogP contribution >= 0.6 is 0 Å². The molecule has 2 rings (SSSR count). The topological polar surface area (TPSA) is 67.4 Å². The van der Waals surface area contributed by atoms with Gasteiger partial charge in [-0.05, 0) is 43.2 Å². The number of hydrogen-bond acceptors (Lipinski definition) is 3. The van der Waals surface area contributed by atoms with Crippen LogP contribution in [0, 0.1) is 13.8 Å². The smallest absolute Gasteiger partial charge is 0.276 e. The second-order valence-electron chi connectivity index (χ2n) is 4.92. The monoisotopic (exact) mass is 298 g/mol. The highest BCUT2D eigenvalue weighted by Crippen LogP contribution is 2.11. The second kappa shape index (κ2) is 7.26. The summed E-state index contributed by atoms with van der Waals surface area (Å²) < 4.78 is 5.35. The average molecular weight is 298 g/mol. The van der Waals surface area contributed by atoms with Gasteiger partial charge in [0.1, 0.15) is 5.75 Å². The summed E-state index contributed by atoms with van der Waals surface area (Å²) in [6, 6.07) is 14.5. The molecule has 0 saturated heterocycles. The number of rotatable bonds is 4. The molecule has 2 aromatic rings. The van der Waals surface area contributed by atoms with Crippen LogP contribution in [-0.4, -0.2) is 18.4 Å². The summed E-state index contributed by atoms with van der Waals surface area (Å²) in [5.41, 5.74) is 7.10. The van der Waals surface area contributed by atoms with E-state index in [1.165, 1.54) is 0 Å². The lowest BCUT2D eigenvalue weighted by molar-refractivity contribution is -0.123. The van der Waals surface area contributed by atoms with Gasteiger partial charge in [0.05, 0.1) is 0 Å². The molecule has 0 aromatic heterocycles. The molecule has 0 unspecified atom stereocenters. The number of aryl methyl sites for hydroxylation is 2. The van der Waals surface area contributed by atoms with Gasteiger partial charge in [0.25, 0.3) is 11.8 Å². The zero-order chi connectivity index (χ0) is 15.9. The number of ether oxygens (including phenoxy) is 1. The molecular weight excluding hydrogens is 280 g/mol. The number of nitrogens with one attached hydrogen (secondary N) is 2. The van der Waals surface area contributed by atoms with Crippen LogP contribution in [0.15, 0.2) is 48.5 Å². The van der Waals surface area contributed by atoms with Crippen molar-refractivity contribution in [2.45, 2.75) is 13.8 Å². The minimum Gasteiger partial charge on any atom is -0.484 e. The van der Waals surface area contributed by atoms with Crippen molar-refractivity contribution < 1.29 is 14.3 Å². The Hall–Kier alpha value is -2.82. The molecule has 0 aliphatic heterocycles. The van der Waals surface area contributed by atoms with E-state index in [1.54, 1.807) is 18.2 Å². The van der Waals surface area contributed by atoms with Crippen molar-refractivity contribution in [3.63, 3.8) is 0 Å². The van der Waals surface area contributed by atoms with Crippen LogP contribution in [0.4, 0.5) is 0 Å². The first-order valence-electron chi connectivity index (χ1n) is 6.90. The fourth-order valence-electron chi connectivity index (χ4n) is 1.91. The van der Waals surface area contributed by atoms with E-state index >= 15 is 0 Å². The van der Waals surface area contributed by atoms with Gasteiger partial charge in [0.15, 0.2) is 6.61 Å². The molecule has 0 radical (unpaired) electrons. The van der Waals surface area contributed by atoms with Gasteiger partial charge in [0, 0.05) is 5.56 Å². The first kappa shape index (κ1) is 15.6. The number of carbonyl (C=O) groups excluding carboxylic acids is 2. The van der Waals surface area contributed by atoms with Gasteiger partial charge in [-0.15, -0.1) is 0 Å². The molecule has 22 heavy (non-hydrogen) atoms. The summed E-state index contributed by atoms with van der Waals surface area (Å²) in [6.07, 6.45) is 0. The summed E-state index contributed by atoms with van der Waals surface area (Å²) in [6.45, 7) is 3.60. The zero-order valence-corrected chi connectivity index (χ0v) is 12.6. The van der Waals surface area contributed by atoms with Gasteiger partial charge in [-0.1, -0.05) is 30.3 Å². The molecule has 0 aliphatic rings. The number of hydrogen-bond donors (Lipinski definition) is 2. The molecule has 0 heterocycles. The van der Waals surface area contributed by atoms with Gasteiger partial charge in [-0.25, -0.2) is 0 Å². The van der Waals surface area contributed by atoms with E-state index in [4.69, 9.17) is 4.74 Å². The summed E-state index contributed by atoms with van der Waals surface area (Å²) >= 11 is 0. The van der Waals surface area contributed by atoms with Crippen molar-refractivity contribution in [3.05, 3.63) is 65.2 Å². The van der Waals surface area contributed by atoms with Crippen LogP contribution in [0.5, 0.6) is 5.75 Å². The predicted molar refractivity (Wildman–Crippen MR) is 83.5 cm³/mol. The molecule has 0 spiro atoms. The Balaban J connectivity index is 1.81. The molecule has 0 aliphatic carbocycles. The average Bonchev–Trinajstić information content (AvgIpc) is 2.51. The van der Waals surface area contributed by atoms with Crippen LogP contribution in [0.3, 0.4) is 0 Å². The zero-order valence-electron chi connectivity index (χ0n) is 12.6. The normalized spacial score (nSPS) is 9.91.